The van der Waals surface area contributed by atoms with E-state index in [1.165, 1.54) is 18.2 Å². The number of nitrogens with zero attached hydrogens (tertiary/aromatic N) is 1. The fourth-order valence-corrected chi connectivity index (χ4v) is 1.80. The summed E-state index contributed by atoms with van der Waals surface area (Å²) in [6, 6.07) is 4.99. The van der Waals surface area contributed by atoms with E-state index in [2.05, 4.69) is 0 Å². The summed E-state index contributed by atoms with van der Waals surface area (Å²) in [6.07, 6.45) is 1.93. The molecule has 0 aliphatic carbocycles. The molecule has 1 rings (SSSR count). The first-order valence-corrected chi connectivity index (χ1v) is 5.74. The molecule has 0 radical (unpaired) electrons. The van der Waals surface area contributed by atoms with Gasteiger partial charge in [-0.2, -0.15) is 0 Å². The van der Waals surface area contributed by atoms with Crippen LogP contribution in [-0.4, -0.2) is 29.6 Å². The molecule has 0 saturated heterocycles. The molecular formula is C13H18FNO2. The molecule has 0 aliphatic heterocycles. The Hall–Kier alpha value is -1.42. The summed E-state index contributed by atoms with van der Waals surface area (Å²) < 4.78 is 13.1. The van der Waals surface area contributed by atoms with Crippen LogP contribution in [0.1, 0.15) is 31.4 Å². The number of benzene rings is 1. The Morgan fingerprint density at radius 1 is 1.53 bits per heavy atom. The molecule has 0 aliphatic rings. The number of carboxylic acid groups (broad SMARTS) is 1. The van der Waals surface area contributed by atoms with Crippen LogP contribution in [0, 0.1) is 5.82 Å². The Bertz CT molecular complexity index is 381. The molecular weight excluding hydrogens is 221 g/mol. The van der Waals surface area contributed by atoms with Crippen molar-refractivity contribution in [3.05, 3.63) is 35.6 Å². The molecule has 0 bridgehead atoms. The number of likely N-dealkylation sites (N-methyl/N-ethyl adjacent to an activating group) is 1. The molecule has 0 spiro atoms. The van der Waals surface area contributed by atoms with Crippen molar-refractivity contribution < 1.29 is 14.3 Å². The second kappa shape index (κ2) is 6.35. The van der Waals surface area contributed by atoms with E-state index >= 15 is 0 Å². The van der Waals surface area contributed by atoms with Crippen molar-refractivity contribution in [1.82, 2.24) is 4.90 Å². The molecule has 1 N–H and O–H groups in total. The monoisotopic (exact) mass is 239 g/mol. The maximum atomic E-state index is 13.1. The molecule has 0 fully saturated rings. The molecule has 4 heteroatoms. The van der Waals surface area contributed by atoms with E-state index in [-0.39, 0.29) is 0 Å². The predicted octanol–water partition coefficient (Wildman–Crippen LogP) is 2.68. The van der Waals surface area contributed by atoms with E-state index in [0.29, 0.717) is 12.1 Å². The molecule has 94 valence electrons. The van der Waals surface area contributed by atoms with Crippen LogP contribution >= 0.6 is 0 Å². The molecule has 1 unspecified atom stereocenters. The van der Waals surface area contributed by atoms with E-state index in [4.69, 9.17) is 0 Å². The predicted molar refractivity (Wildman–Crippen MR) is 64.3 cm³/mol. The van der Waals surface area contributed by atoms with Gasteiger partial charge in [0.1, 0.15) is 11.9 Å². The number of aliphatic carboxylic acids is 1. The van der Waals surface area contributed by atoms with Gasteiger partial charge < -0.3 is 5.11 Å². The summed E-state index contributed by atoms with van der Waals surface area (Å²) in [5.41, 5.74) is 0.483. The lowest BCUT2D eigenvalue weighted by Crippen LogP contribution is -2.31. The van der Waals surface area contributed by atoms with Crippen LogP contribution in [0.5, 0.6) is 0 Å². The minimum atomic E-state index is -0.950. The summed E-state index contributed by atoms with van der Waals surface area (Å²) in [7, 11) is 1.75. The molecule has 1 atom stereocenters. The van der Waals surface area contributed by atoms with Crippen LogP contribution in [0.3, 0.4) is 0 Å². The molecule has 3 nitrogen and oxygen atoms in total. The number of hydrogen-bond donors (Lipinski definition) is 1. The second-order valence-corrected chi connectivity index (χ2v) is 4.13. The SMILES string of the molecule is CCCCN(C)C(C(=O)O)c1cccc(F)c1. The van der Waals surface area contributed by atoms with E-state index in [1.807, 2.05) is 6.92 Å². The molecule has 1 aromatic carbocycles. The van der Waals surface area contributed by atoms with Gasteiger partial charge in [-0.25, -0.2) is 4.39 Å². The fourth-order valence-electron chi connectivity index (χ4n) is 1.80. The van der Waals surface area contributed by atoms with Gasteiger partial charge in [-0.1, -0.05) is 25.5 Å². The normalized spacial score (nSPS) is 12.7. The maximum absolute atomic E-state index is 13.1. The van der Waals surface area contributed by atoms with Gasteiger partial charge >= 0.3 is 5.97 Å². The summed E-state index contributed by atoms with van der Waals surface area (Å²) >= 11 is 0. The van der Waals surface area contributed by atoms with Crippen molar-refractivity contribution in [3.63, 3.8) is 0 Å². The minimum absolute atomic E-state index is 0.405. The zero-order chi connectivity index (χ0) is 12.8. The van der Waals surface area contributed by atoms with Crippen LogP contribution in [0.15, 0.2) is 24.3 Å². The van der Waals surface area contributed by atoms with Crippen LogP contribution in [0.25, 0.3) is 0 Å². The van der Waals surface area contributed by atoms with E-state index in [9.17, 15) is 14.3 Å². The van der Waals surface area contributed by atoms with Crippen molar-refractivity contribution in [1.29, 1.82) is 0 Å². The highest BCUT2D eigenvalue weighted by atomic mass is 19.1. The topological polar surface area (TPSA) is 40.5 Å². The zero-order valence-electron chi connectivity index (χ0n) is 10.2. The van der Waals surface area contributed by atoms with E-state index in [0.717, 1.165) is 12.8 Å². The standard InChI is InChI=1S/C13H18FNO2/c1-3-4-8-15(2)12(13(16)17)10-6-5-7-11(14)9-10/h5-7,9,12H,3-4,8H2,1-2H3,(H,16,17). The van der Waals surface area contributed by atoms with Gasteiger partial charge in [0.05, 0.1) is 0 Å². The Morgan fingerprint density at radius 3 is 2.76 bits per heavy atom. The summed E-state index contributed by atoms with van der Waals surface area (Å²) in [4.78, 5) is 13.0. The Balaban J connectivity index is 2.89. The third-order valence-electron chi connectivity index (χ3n) is 2.70. The van der Waals surface area contributed by atoms with Crippen LogP contribution < -0.4 is 0 Å². The van der Waals surface area contributed by atoms with Crippen molar-refractivity contribution in [3.8, 4) is 0 Å². The number of unbranched alkanes of at least 4 members (excludes halogenated alkanes) is 1. The quantitative estimate of drug-likeness (QED) is 0.829. The molecule has 0 aromatic heterocycles. The fraction of sp³-hybridized carbons (Fsp3) is 0.462. The van der Waals surface area contributed by atoms with Crippen molar-refractivity contribution in [2.24, 2.45) is 0 Å². The Kier molecular flexibility index (Phi) is 5.10. The Labute approximate surface area is 101 Å². The smallest absolute Gasteiger partial charge is 0.325 e. The average Bonchev–Trinajstić information content (AvgIpc) is 2.26. The number of carboxylic acids is 1. The number of rotatable bonds is 6. The van der Waals surface area contributed by atoms with Crippen LogP contribution in [0.2, 0.25) is 0 Å². The molecule has 17 heavy (non-hydrogen) atoms. The summed E-state index contributed by atoms with van der Waals surface area (Å²) in [5.74, 6) is -1.35. The van der Waals surface area contributed by atoms with Crippen molar-refractivity contribution in [2.45, 2.75) is 25.8 Å². The number of carbonyl (C=O) groups is 1. The zero-order valence-corrected chi connectivity index (χ0v) is 10.2. The molecule has 0 saturated carbocycles. The number of hydrogen-bond acceptors (Lipinski definition) is 2. The van der Waals surface area contributed by atoms with Gasteiger partial charge in [-0.3, -0.25) is 9.69 Å². The van der Waals surface area contributed by atoms with Gasteiger partial charge in [-0.15, -0.1) is 0 Å². The molecule has 0 amide bonds. The lowest BCUT2D eigenvalue weighted by Gasteiger charge is -2.24. The largest absolute Gasteiger partial charge is 0.480 e. The van der Waals surface area contributed by atoms with Gasteiger partial charge in [0.15, 0.2) is 0 Å². The third kappa shape index (κ3) is 3.82. The lowest BCUT2D eigenvalue weighted by atomic mass is 10.1. The molecule has 1 aromatic rings. The first-order valence-electron chi connectivity index (χ1n) is 5.74. The second-order valence-electron chi connectivity index (χ2n) is 4.13. The lowest BCUT2D eigenvalue weighted by molar-refractivity contribution is -0.143. The van der Waals surface area contributed by atoms with Gasteiger partial charge in [0.2, 0.25) is 0 Å². The Morgan fingerprint density at radius 2 is 2.24 bits per heavy atom. The van der Waals surface area contributed by atoms with Crippen molar-refractivity contribution >= 4 is 5.97 Å². The maximum Gasteiger partial charge on any atom is 0.325 e. The van der Waals surface area contributed by atoms with Crippen LogP contribution in [0.4, 0.5) is 4.39 Å². The summed E-state index contributed by atoms with van der Waals surface area (Å²) in [6.45, 7) is 2.73. The summed E-state index contributed by atoms with van der Waals surface area (Å²) in [5, 5.41) is 9.22. The van der Waals surface area contributed by atoms with Gasteiger partial charge in [0, 0.05) is 0 Å². The number of halogens is 1. The van der Waals surface area contributed by atoms with Gasteiger partial charge in [0.25, 0.3) is 0 Å². The highest BCUT2D eigenvalue weighted by molar-refractivity contribution is 5.75. The average molecular weight is 239 g/mol. The third-order valence-corrected chi connectivity index (χ3v) is 2.70. The van der Waals surface area contributed by atoms with Crippen LogP contribution in [-0.2, 0) is 4.79 Å². The highest BCUT2D eigenvalue weighted by Gasteiger charge is 2.24. The van der Waals surface area contributed by atoms with E-state index < -0.39 is 17.8 Å². The molecule has 0 heterocycles. The first kappa shape index (κ1) is 13.6. The minimum Gasteiger partial charge on any atom is -0.480 e. The van der Waals surface area contributed by atoms with E-state index in [1.54, 1.807) is 18.0 Å². The highest BCUT2D eigenvalue weighted by Crippen LogP contribution is 2.20. The van der Waals surface area contributed by atoms with Crippen molar-refractivity contribution in [2.75, 3.05) is 13.6 Å². The van der Waals surface area contributed by atoms with Gasteiger partial charge in [-0.05, 0) is 37.7 Å². The first-order chi connectivity index (χ1) is 8.06.